The van der Waals surface area contributed by atoms with Gasteiger partial charge in [0, 0.05) is 11.8 Å². The lowest BCUT2D eigenvalue weighted by Crippen LogP contribution is -2.06. The van der Waals surface area contributed by atoms with E-state index >= 15 is 0 Å². The monoisotopic (exact) mass is 275 g/mol. The topological polar surface area (TPSA) is 33.1 Å². The summed E-state index contributed by atoms with van der Waals surface area (Å²) in [5.41, 5.74) is -2.56. The molecule has 100 valence electrons. The Morgan fingerprint density at radius 3 is 2.37 bits per heavy atom. The first-order chi connectivity index (χ1) is 8.82. The maximum absolute atomic E-state index is 13.5. The van der Waals surface area contributed by atoms with Gasteiger partial charge < -0.3 is 5.11 Å². The number of pyridine rings is 1. The maximum Gasteiger partial charge on any atom is 0.420 e. The first-order valence-electron chi connectivity index (χ1n) is 5.02. The quantitative estimate of drug-likeness (QED) is 0.804. The summed E-state index contributed by atoms with van der Waals surface area (Å²) in [5.74, 6) is -3.85. The molecule has 0 saturated carbocycles. The van der Waals surface area contributed by atoms with E-state index in [1.165, 1.54) is 0 Å². The average molecular weight is 275 g/mol. The van der Waals surface area contributed by atoms with Gasteiger partial charge >= 0.3 is 6.18 Å². The van der Waals surface area contributed by atoms with Gasteiger partial charge in [0.1, 0.15) is 11.3 Å². The van der Waals surface area contributed by atoms with Gasteiger partial charge in [-0.3, -0.25) is 4.98 Å². The van der Waals surface area contributed by atoms with E-state index in [2.05, 4.69) is 4.98 Å². The van der Waals surface area contributed by atoms with Crippen LogP contribution in [0.1, 0.15) is 5.56 Å². The van der Waals surface area contributed by atoms with Gasteiger partial charge in [-0.05, 0) is 18.2 Å². The second-order valence-electron chi connectivity index (χ2n) is 3.65. The zero-order valence-electron chi connectivity index (χ0n) is 9.17. The molecule has 0 aliphatic carbocycles. The van der Waals surface area contributed by atoms with Crippen LogP contribution in [0.3, 0.4) is 0 Å². The highest BCUT2D eigenvalue weighted by molar-refractivity contribution is 5.68. The minimum atomic E-state index is -4.81. The molecule has 0 unspecified atom stereocenters. The zero-order valence-corrected chi connectivity index (χ0v) is 9.17. The van der Waals surface area contributed by atoms with Crippen LogP contribution >= 0.6 is 0 Å². The van der Waals surface area contributed by atoms with E-state index in [1.54, 1.807) is 0 Å². The molecule has 1 aromatic carbocycles. The lowest BCUT2D eigenvalue weighted by Gasteiger charge is -2.12. The Morgan fingerprint density at radius 1 is 1.05 bits per heavy atom. The van der Waals surface area contributed by atoms with Crippen LogP contribution in [-0.4, -0.2) is 10.1 Å². The van der Waals surface area contributed by atoms with E-state index in [9.17, 15) is 27.1 Å². The molecule has 0 amide bonds. The third-order valence-electron chi connectivity index (χ3n) is 2.44. The largest absolute Gasteiger partial charge is 0.505 e. The Hall–Kier alpha value is -2.18. The summed E-state index contributed by atoms with van der Waals surface area (Å²) >= 11 is 0. The highest BCUT2D eigenvalue weighted by atomic mass is 19.4. The van der Waals surface area contributed by atoms with Gasteiger partial charge in [0.25, 0.3) is 0 Å². The molecule has 19 heavy (non-hydrogen) atoms. The lowest BCUT2D eigenvalue weighted by atomic mass is 10.1. The Labute approximate surface area is 104 Å². The number of hydrogen-bond donors (Lipinski definition) is 1. The van der Waals surface area contributed by atoms with E-state index < -0.39 is 40.4 Å². The van der Waals surface area contributed by atoms with Crippen LogP contribution in [0.5, 0.6) is 5.75 Å². The fourth-order valence-electron chi connectivity index (χ4n) is 1.57. The van der Waals surface area contributed by atoms with Gasteiger partial charge in [0.15, 0.2) is 17.4 Å². The Bertz CT molecular complexity index is 624. The average Bonchev–Trinajstić information content (AvgIpc) is 2.32. The van der Waals surface area contributed by atoms with Crippen LogP contribution in [0.15, 0.2) is 30.5 Å². The van der Waals surface area contributed by atoms with Gasteiger partial charge in [0.05, 0.1) is 0 Å². The SMILES string of the molecule is Oc1c(C(F)(F)F)ccnc1-c1cccc(F)c1F. The molecule has 0 bridgehead atoms. The van der Waals surface area contributed by atoms with Crippen LogP contribution in [0.4, 0.5) is 22.0 Å². The normalized spacial score (nSPS) is 11.6. The predicted octanol–water partition coefficient (Wildman–Crippen LogP) is 3.75. The Kier molecular flexibility index (Phi) is 3.13. The lowest BCUT2D eigenvalue weighted by molar-refractivity contribution is -0.138. The number of benzene rings is 1. The van der Waals surface area contributed by atoms with Gasteiger partial charge in [-0.25, -0.2) is 8.78 Å². The molecule has 2 nitrogen and oxygen atoms in total. The molecule has 2 rings (SSSR count). The van der Waals surface area contributed by atoms with E-state index in [1.807, 2.05) is 0 Å². The van der Waals surface area contributed by atoms with Crippen molar-refractivity contribution in [1.82, 2.24) is 4.98 Å². The summed E-state index contributed by atoms with van der Waals surface area (Å²) < 4.78 is 64.2. The Balaban J connectivity index is 2.68. The predicted molar refractivity (Wildman–Crippen MR) is 56.3 cm³/mol. The van der Waals surface area contributed by atoms with Crippen LogP contribution in [0.2, 0.25) is 0 Å². The summed E-state index contributed by atoms with van der Waals surface area (Å²) in [7, 11) is 0. The highest BCUT2D eigenvalue weighted by Crippen LogP contribution is 2.40. The second kappa shape index (κ2) is 4.49. The molecule has 0 atom stereocenters. The zero-order chi connectivity index (χ0) is 14.2. The first-order valence-corrected chi connectivity index (χ1v) is 5.02. The van der Waals surface area contributed by atoms with E-state index in [4.69, 9.17) is 0 Å². The second-order valence-corrected chi connectivity index (χ2v) is 3.65. The molecular formula is C12H6F5NO. The molecule has 2 aromatic rings. The molecule has 0 aliphatic rings. The van der Waals surface area contributed by atoms with Gasteiger partial charge in [-0.1, -0.05) is 6.07 Å². The molecule has 0 saturated heterocycles. The molecule has 1 N–H and O–H groups in total. The van der Waals surface area contributed by atoms with E-state index in [0.717, 1.165) is 24.4 Å². The number of nitrogens with zero attached hydrogens (tertiary/aromatic N) is 1. The summed E-state index contributed by atoms with van der Waals surface area (Å²) in [5, 5.41) is 9.52. The number of hydrogen-bond acceptors (Lipinski definition) is 2. The third kappa shape index (κ3) is 2.35. The molecule has 1 heterocycles. The van der Waals surface area contributed by atoms with Crippen molar-refractivity contribution in [3.8, 4) is 17.0 Å². The van der Waals surface area contributed by atoms with E-state index in [-0.39, 0.29) is 0 Å². The van der Waals surface area contributed by atoms with Crippen molar-refractivity contribution in [3.63, 3.8) is 0 Å². The number of aromatic hydroxyl groups is 1. The molecule has 0 aliphatic heterocycles. The molecule has 0 radical (unpaired) electrons. The fraction of sp³-hybridized carbons (Fsp3) is 0.0833. The number of alkyl halides is 3. The minimum Gasteiger partial charge on any atom is -0.505 e. The smallest absolute Gasteiger partial charge is 0.420 e. The Morgan fingerprint density at radius 2 is 1.74 bits per heavy atom. The van der Waals surface area contributed by atoms with Crippen molar-refractivity contribution in [1.29, 1.82) is 0 Å². The summed E-state index contributed by atoms with van der Waals surface area (Å²) in [6, 6.07) is 3.50. The molecule has 1 aromatic heterocycles. The van der Waals surface area contributed by atoms with Crippen molar-refractivity contribution in [2.24, 2.45) is 0 Å². The molecular weight excluding hydrogens is 269 g/mol. The molecule has 0 spiro atoms. The van der Waals surface area contributed by atoms with Gasteiger partial charge in [0.2, 0.25) is 0 Å². The van der Waals surface area contributed by atoms with Gasteiger partial charge in [-0.2, -0.15) is 13.2 Å². The summed E-state index contributed by atoms with van der Waals surface area (Å²) in [6.45, 7) is 0. The van der Waals surface area contributed by atoms with Crippen LogP contribution in [0, 0.1) is 11.6 Å². The van der Waals surface area contributed by atoms with Crippen molar-refractivity contribution in [2.75, 3.05) is 0 Å². The standard InChI is InChI=1S/C12H6F5NO/c13-8-3-1-2-6(9(8)14)10-11(19)7(4-5-18-10)12(15,16)17/h1-5,19H. The van der Waals surface area contributed by atoms with E-state index in [0.29, 0.717) is 6.07 Å². The third-order valence-corrected chi connectivity index (χ3v) is 2.44. The number of rotatable bonds is 1. The number of halogens is 5. The fourth-order valence-corrected chi connectivity index (χ4v) is 1.57. The van der Waals surface area contributed by atoms with Crippen molar-refractivity contribution >= 4 is 0 Å². The summed E-state index contributed by atoms with van der Waals surface area (Å²) in [6.07, 6.45) is -4.05. The van der Waals surface area contributed by atoms with Gasteiger partial charge in [-0.15, -0.1) is 0 Å². The van der Waals surface area contributed by atoms with Crippen molar-refractivity contribution in [3.05, 3.63) is 47.7 Å². The number of aromatic nitrogens is 1. The van der Waals surface area contributed by atoms with Crippen molar-refractivity contribution < 1.29 is 27.1 Å². The molecule has 7 heteroatoms. The highest BCUT2D eigenvalue weighted by Gasteiger charge is 2.35. The minimum absolute atomic E-state index is 0.538. The van der Waals surface area contributed by atoms with Crippen LogP contribution < -0.4 is 0 Å². The summed E-state index contributed by atoms with van der Waals surface area (Å²) in [4.78, 5) is 3.47. The molecule has 0 fully saturated rings. The first kappa shape index (κ1) is 13.3. The van der Waals surface area contributed by atoms with Crippen LogP contribution in [-0.2, 0) is 6.18 Å². The van der Waals surface area contributed by atoms with Crippen LogP contribution in [0.25, 0.3) is 11.3 Å². The maximum atomic E-state index is 13.5. The van der Waals surface area contributed by atoms with Crippen molar-refractivity contribution in [2.45, 2.75) is 6.18 Å².